The Balaban J connectivity index is 0.825. The lowest BCUT2D eigenvalue weighted by Gasteiger charge is -2.46. The molecule has 0 unspecified atom stereocenters. The van der Waals surface area contributed by atoms with E-state index in [1.54, 1.807) is 0 Å². The molecule has 0 saturated heterocycles. The van der Waals surface area contributed by atoms with Crippen molar-refractivity contribution >= 4 is 189 Å². The average molecular weight is 1580 g/mol. The van der Waals surface area contributed by atoms with Gasteiger partial charge < -0.3 is 36.6 Å². The molecule has 0 spiro atoms. The zero-order chi connectivity index (χ0) is 82.4. The predicted molar refractivity (Wildman–Crippen MR) is 516 cm³/mol. The lowest BCUT2D eigenvalue weighted by Crippen LogP contribution is -2.61. The summed E-state index contributed by atoms with van der Waals surface area (Å²) in [5.74, 6) is 0. The molecule has 2 aliphatic heterocycles. The topological polar surface area (TPSA) is 68.9 Å². The van der Waals surface area contributed by atoms with Crippen LogP contribution in [0.4, 0.5) is 34.1 Å². The Kier molecular flexibility index (Phi) is 15.0. The van der Waals surface area contributed by atoms with E-state index in [2.05, 4.69) is 421 Å². The van der Waals surface area contributed by atoms with Crippen molar-refractivity contribution in [2.75, 3.05) is 9.80 Å². The van der Waals surface area contributed by atoms with E-state index in [0.29, 0.717) is 0 Å². The second-order valence-electron chi connectivity index (χ2n) is 37.0. The number of aromatic nitrogens is 2. The third kappa shape index (κ3) is 10.4. The van der Waals surface area contributed by atoms with E-state index in [1.165, 1.54) is 43.6 Å². The first-order valence-electron chi connectivity index (χ1n) is 43.0. The molecule has 25 rings (SSSR count). The van der Waals surface area contributed by atoms with E-state index in [0.717, 1.165) is 211 Å². The molecule has 0 saturated carbocycles. The Morgan fingerprint density at radius 2 is 0.561 bits per heavy atom. The molecule has 0 atom stereocenters. The maximum atomic E-state index is 7.54. The highest BCUT2D eigenvalue weighted by Crippen LogP contribution is 2.59. The van der Waals surface area contributed by atoms with Crippen LogP contribution in [0.3, 0.4) is 0 Å². The van der Waals surface area contributed by atoms with Gasteiger partial charge in [-0.05, 0) is 170 Å². The summed E-state index contributed by atoms with van der Waals surface area (Å²) in [4.78, 5) is 5.36. The minimum atomic E-state index is -0.439. The van der Waals surface area contributed by atoms with Crippen molar-refractivity contribution in [1.82, 2.24) is 9.13 Å². The number of nitrogens with zero attached hydrogens (tertiary/aromatic N) is 4. The lowest BCUT2D eigenvalue weighted by atomic mass is 9.33. The highest BCUT2D eigenvalue weighted by Gasteiger charge is 2.48. The lowest BCUT2D eigenvalue weighted by molar-refractivity contribution is 0.572. The fourth-order valence-electron chi connectivity index (χ4n) is 20.9. The molecule has 0 N–H and O–H groups in total. The van der Waals surface area contributed by atoms with Gasteiger partial charge in [-0.1, -0.05) is 293 Å². The van der Waals surface area contributed by atoms with Crippen molar-refractivity contribution in [2.24, 2.45) is 0 Å². The van der Waals surface area contributed by atoms with E-state index < -0.39 is 16.2 Å². The molecular formula is C114H83BN4O4. The number of hydrogen-bond acceptors (Lipinski definition) is 6. The first kappa shape index (κ1) is 71.2. The van der Waals surface area contributed by atoms with Crippen LogP contribution in [0.5, 0.6) is 0 Å². The molecule has 0 radical (unpaired) electrons. The van der Waals surface area contributed by atoms with Crippen LogP contribution in [0.1, 0.15) is 79.0 Å². The number of rotatable bonds is 8. The van der Waals surface area contributed by atoms with Gasteiger partial charge in [-0.15, -0.1) is 0 Å². The molecule has 17 aromatic carbocycles. The first-order chi connectivity index (χ1) is 59.9. The normalized spacial score (nSPS) is 13.2. The van der Waals surface area contributed by atoms with Gasteiger partial charge in [0.1, 0.15) is 44.7 Å². The molecule has 8 nitrogen and oxygen atoms in total. The fraction of sp³-hybridized carbons (Fsp3) is 0.105. The van der Waals surface area contributed by atoms with Crippen LogP contribution in [-0.4, -0.2) is 15.8 Å². The quantitative estimate of drug-likeness (QED) is 0.141. The van der Waals surface area contributed by atoms with Crippen molar-refractivity contribution < 1.29 is 17.7 Å². The molecule has 9 heteroatoms. The Morgan fingerprint density at radius 3 is 0.927 bits per heavy atom. The molecule has 2 aliphatic rings. The van der Waals surface area contributed by atoms with Gasteiger partial charge in [0, 0.05) is 121 Å². The Labute approximate surface area is 711 Å². The van der Waals surface area contributed by atoms with Gasteiger partial charge in [0.25, 0.3) is 6.71 Å². The van der Waals surface area contributed by atoms with Crippen molar-refractivity contribution in [3.05, 3.63) is 356 Å². The van der Waals surface area contributed by atoms with Gasteiger partial charge in [-0.2, -0.15) is 0 Å². The number of anilines is 6. The van der Waals surface area contributed by atoms with Crippen LogP contribution < -0.4 is 26.2 Å². The molecule has 586 valence electrons. The van der Waals surface area contributed by atoms with E-state index >= 15 is 0 Å². The summed E-state index contributed by atoms with van der Waals surface area (Å²) in [6.07, 6.45) is 0. The Bertz CT molecular complexity index is 7880. The van der Waals surface area contributed by atoms with Crippen LogP contribution in [0.25, 0.3) is 187 Å². The highest BCUT2D eigenvalue weighted by atomic mass is 16.3. The predicted octanol–water partition coefficient (Wildman–Crippen LogP) is 30.1. The summed E-state index contributed by atoms with van der Waals surface area (Å²) in [6.45, 7) is 20.7. The van der Waals surface area contributed by atoms with Crippen LogP contribution >= 0.6 is 0 Å². The maximum Gasteiger partial charge on any atom is 0.252 e. The second kappa shape index (κ2) is 25.9. The van der Waals surface area contributed by atoms with Gasteiger partial charge in [-0.25, -0.2) is 0 Å². The number of hydrogen-bond donors (Lipinski definition) is 0. The highest BCUT2D eigenvalue weighted by molar-refractivity contribution is 7.00. The van der Waals surface area contributed by atoms with Crippen molar-refractivity contribution in [3.63, 3.8) is 0 Å². The van der Waals surface area contributed by atoms with E-state index in [-0.39, 0.29) is 6.71 Å². The molecular weight excluding hydrogens is 1500 g/mol. The van der Waals surface area contributed by atoms with Crippen LogP contribution in [0.15, 0.2) is 357 Å². The zero-order valence-electron chi connectivity index (χ0n) is 69.8. The van der Waals surface area contributed by atoms with E-state index in [4.69, 9.17) is 17.7 Å². The maximum absolute atomic E-state index is 7.54. The van der Waals surface area contributed by atoms with Crippen molar-refractivity contribution in [1.29, 1.82) is 0 Å². The molecule has 0 amide bonds. The van der Waals surface area contributed by atoms with Gasteiger partial charge in [0.15, 0.2) is 0 Å². The average Bonchev–Trinajstić information content (AvgIpc) is 1.49. The van der Waals surface area contributed by atoms with Gasteiger partial charge in [0.2, 0.25) is 0 Å². The molecule has 23 aromatic rings. The zero-order valence-corrected chi connectivity index (χ0v) is 69.8. The van der Waals surface area contributed by atoms with Crippen LogP contribution in [-0.2, 0) is 16.2 Å². The number of para-hydroxylation sites is 10. The standard InChI is InChI=1S/C114H83BN4O4/c1-112(2,3)70-62-97-105-98(63-70)119(107-86(82-39-27-37-80-78-33-15-23-45-100(78)121-109(80)82)65-88(114(7,8)9)111-104(107)84-35-17-25-47-102(84)123-111)96-61-69(67-50-56-72(57-51-67)117-93-42-20-12-30-75(93)76-31-13-21-43-94(76)117)53-59-90(96)115(105)89-58-52-68(66-48-54-71(55-49-66)116-91-40-18-10-28-73(91)74-29-11-19-41-92(74)116)60-95(89)118(97)106-85(81-38-26-36-79-77-32-14-22-44-99(77)120-108(79)81)64-87(113(4,5)6)110-103(106)83-34-16-24-46-101(83)122-110/h10-65H,1-9H3. The second-order valence-corrected chi connectivity index (χ2v) is 37.0. The number of furan rings is 4. The van der Waals surface area contributed by atoms with E-state index in [1.807, 2.05) is 0 Å². The third-order valence-corrected chi connectivity index (χ3v) is 26.7. The summed E-state index contributed by atoms with van der Waals surface area (Å²) in [5.41, 5.74) is 33.7. The van der Waals surface area contributed by atoms with Crippen LogP contribution in [0, 0.1) is 0 Å². The van der Waals surface area contributed by atoms with Gasteiger partial charge in [-0.3, -0.25) is 0 Å². The van der Waals surface area contributed by atoms with E-state index in [9.17, 15) is 0 Å². The SMILES string of the molecule is CC(C)(C)c1cc2c3c(c1)N(c1c(-c4cccc5c4oc4ccccc45)cc(C(C)(C)C)c4oc5ccccc5c14)c1cc(-c4ccc(-n5c6ccccc6c6ccccc65)cc4)ccc1B3c1ccc(-c3ccc(-n4c5ccccc5c5ccccc54)cc3)cc1N2c1c(-c2cccc3c2oc2ccccc23)cc(C(C)(C)C)c2oc3ccccc3c12. The molecule has 123 heavy (non-hydrogen) atoms. The fourth-order valence-corrected chi connectivity index (χ4v) is 20.9. The Hall–Kier alpha value is -14.8. The van der Waals surface area contributed by atoms with Crippen molar-refractivity contribution in [2.45, 2.75) is 78.6 Å². The third-order valence-electron chi connectivity index (χ3n) is 26.7. The molecule has 0 bridgehead atoms. The number of benzene rings is 17. The van der Waals surface area contributed by atoms with Gasteiger partial charge in [0.05, 0.1) is 44.2 Å². The minimum absolute atomic E-state index is 0.347. The summed E-state index contributed by atoms with van der Waals surface area (Å²) in [5, 5.41) is 13.2. The number of fused-ring (bicyclic) bond motifs is 22. The monoisotopic (exact) mass is 1580 g/mol. The summed E-state index contributed by atoms with van der Waals surface area (Å²) in [7, 11) is 0. The molecule has 0 fully saturated rings. The largest absolute Gasteiger partial charge is 0.456 e. The molecule has 6 aromatic heterocycles. The van der Waals surface area contributed by atoms with Gasteiger partial charge >= 0.3 is 0 Å². The summed E-state index contributed by atoms with van der Waals surface area (Å²) in [6, 6.07) is 126. The minimum Gasteiger partial charge on any atom is -0.456 e. The Morgan fingerprint density at radius 1 is 0.244 bits per heavy atom. The first-order valence-corrected chi connectivity index (χ1v) is 43.0. The summed E-state index contributed by atoms with van der Waals surface area (Å²) < 4.78 is 34.6. The smallest absolute Gasteiger partial charge is 0.252 e. The van der Waals surface area contributed by atoms with Crippen molar-refractivity contribution in [3.8, 4) is 55.9 Å². The molecule has 0 aliphatic carbocycles. The van der Waals surface area contributed by atoms with Crippen LogP contribution in [0.2, 0.25) is 0 Å². The molecule has 8 heterocycles. The summed E-state index contributed by atoms with van der Waals surface area (Å²) >= 11 is 0.